The minimum atomic E-state index is 0.255. The van der Waals surface area contributed by atoms with Gasteiger partial charge >= 0.3 is 0 Å². The summed E-state index contributed by atoms with van der Waals surface area (Å²) in [6.07, 6.45) is 1.82. The molecule has 0 heterocycles. The van der Waals surface area contributed by atoms with E-state index in [-0.39, 0.29) is 6.61 Å². The Balaban J connectivity index is 2.22. The summed E-state index contributed by atoms with van der Waals surface area (Å²) in [6.45, 7) is 7.88. The van der Waals surface area contributed by atoms with Crippen LogP contribution in [0, 0.1) is 0 Å². The Morgan fingerprint density at radius 3 is 2.56 bits per heavy atom. The fourth-order valence-electron chi connectivity index (χ4n) is 2.26. The van der Waals surface area contributed by atoms with Crippen LogP contribution in [0.3, 0.4) is 0 Å². The van der Waals surface area contributed by atoms with Crippen molar-refractivity contribution in [3.8, 4) is 11.5 Å². The number of rotatable bonds is 9. The molecule has 0 saturated carbocycles. The molecule has 0 aliphatic heterocycles. The van der Waals surface area contributed by atoms with Crippen LogP contribution in [0.5, 0.6) is 11.5 Å². The van der Waals surface area contributed by atoms with E-state index in [0.717, 1.165) is 22.1 Å². The Morgan fingerprint density at radius 2 is 1.92 bits per heavy atom. The molecular weight excluding hydrogens is 425 g/mol. The monoisotopic (exact) mass is 443 g/mol. The highest BCUT2D eigenvalue weighted by atomic mass is 79.9. The Morgan fingerprint density at radius 1 is 1.20 bits per heavy atom. The van der Waals surface area contributed by atoms with Crippen molar-refractivity contribution in [2.75, 3.05) is 13.2 Å². The van der Waals surface area contributed by atoms with Gasteiger partial charge in [-0.3, -0.25) is 0 Å². The molecule has 0 bridgehead atoms. The molecule has 1 N–H and O–H groups in total. The van der Waals surface area contributed by atoms with Gasteiger partial charge in [0.25, 0.3) is 0 Å². The number of hydrogen-bond acceptors (Lipinski definition) is 3. The van der Waals surface area contributed by atoms with Gasteiger partial charge in [-0.15, -0.1) is 6.58 Å². The molecule has 0 atom stereocenters. The zero-order valence-corrected chi connectivity index (χ0v) is 17.0. The SMILES string of the molecule is C=CCNCc1cc(Br)c(OCc2c(Cl)cccc2Cl)c(OCC)c1. The summed E-state index contributed by atoms with van der Waals surface area (Å²) in [4.78, 5) is 0. The van der Waals surface area contributed by atoms with E-state index >= 15 is 0 Å². The Hall–Kier alpha value is -1.20. The molecule has 0 unspecified atom stereocenters. The highest BCUT2D eigenvalue weighted by molar-refractivity contribution is 9.10. The van der Waals surface area contributed by atoms with Crippen molar-refractivity contribution >= 4 is 39.1 Å². The molecule has 0 amide bonds. The highest BCUT2D eigenvalue weighted by Crippen LogP contribution is 2.38. The lowest BCUT2D eigenvalue weighted by atomic mass is 10.2. The second-order valence-corrected chi connectivity index (χ2v) is 6.92. The summed E-state index contributed by atoms with van der Waals surface area (Å²) in [5.74, 6) is 1.31. The maximum Gasteiger partial charge on any atom is 0.175 e. The normalized spacial score (nSPS) is 10.6. The Bertz CT molecular complexity index is 717. The molecule has 3 nitrogen and oxygen atoms in total. The molecule has 0 saturated heterocycles. The first-order valence-corrected chi connectivity index (χ1v) is 9.44. The predicted molar refractivity (Wildman–Crippen MR) is 108 cm³/mol. The topological polar surface area (TPSA) is 30.5 Å². The first kappa shape index (κ1) is 20.1. The van der Waals surface area contributed by atoms with E-state index in [0.29, 0.717) is 34.7 Å². The molecule has 2 aromatic carbocycles. The van der Waals surface area contributed by atoms with Crippen molar-refractivity contribution in [1.82, 2.24) is 5.32 Å². The quantitative estimate of drug-likeness (QED) is 0.379. The lowest BCUT2D eigenvalue weighted by Gasteiger charge is -2.16. The molecular formula is C19H20BrCl2NO2. The van der Waals surface area contributed by atoms with Crippen molar-refractivity contribution < 1.29 is 9.47 Å². The van der Waals surface area contributed by atoms with Gasteiger partial charge in [-0.25, -0.2) is 0 Å². The second-order valence-electron chi connectivity index (χ2n) is 5.25. The van der Waals surface area contributed by atoms with E-state index < -0.39 is 0 Å². The molecule has 0 spiro atoms. The number of ether oxygens (including phenoxy) is 2. The van der Waals surface area contributed by atoms with Crippen molar-refractivity contribution in [2.45, 2.75) is 20.1 Å². The van der Waals surface area contributed by atoms with E-state index in [9.17, 15) is 0 Å². The van der Waals surface area contributed by atoms with Crippen LogP contribution in [0.4, 0.5) is 0 Å². The van der Waals surface area contributed by atoms with Gasteiger partial charge in [0.15, 0.2) is 11.5 Å². The van der Waals surface area contributed by atoms with Gasteiger partial charge in [0.1, 0.15) is 6.61 Å². The van der Waals surface area contributed by atoms with Crippen LogP contribution in [0.25, 0.3) is 0 Å². The average molecular weight is 445 g/mol. The highest BCUT2D eigenvalue weighted by Gasteiger charge is 2.14. The van der Waals surface area contributed by atoms with Gasteiger partial charge in [-0.1, -0.05) is 35.3 Å². The molecule has 0 aliphatic carbocycles. The lowest BCUT2D eigenvalue weighted by molar-refractivity contribution is 0.267. The van der Waals surface area contributed by atoms with E-state index in [4.69, 9.17) is 32.7 Å². The number of hydrogen-bond donors (Lipinski definition) is 1. The van der Waals surface area contributed by atoms with Crippen molar-refractivity contribution in [1.29, 1.82) is 0 Å². The third kappa shape index (κ3) is 5.65. The van der Waals surface area contributed by atoms with Gasteiger partial charge in [-0.05, 0) is 52.7 Å². The molecule has 0 fully saturated rings. The van der Waals surface area contributed by atoms with Crippen LogP contribution in [0.2, 0.25) is 10.0 Å². The fraction of sp³-hybridized carbons (Fsp3) is 0.263. The van der Waals surface area contributed by atoms with Gasteiger partial charge < -0.3 is 14.8 Å². The fourth-order valence-corrected chi connectivity index (χ4v) is 3.37. The van der Waals surface area contributed by atoms with Gasteiger partial charge in [0.2, 0.25) is 0 Å². The molecule has 25 heavy (non-hydrogen) atoms. The van der Waals surface area contributed by atoms with Gasteiger partial charge in [0, 0.05) is 28.7 Å². The largest absolute Gasteiger partial charge is 0.490 e. The van der Waals surface area contributed by atoms with Crippen molar-refractivity contribution in [3.05, 3.63) is 68.6 Å². The van der Waals surface area contributed by atoms with Gasteiger partial charge in [-0.2, -0.15) is 0 Å². The molecule has 0 radical (unpaired) electrons. The van der Waals surface area contributed by atoms with Gasteiger partial charge in [0.05, 0.1) is 11.1 Å². The Kier molecular flexibility index (Phi) is 8.10. The van der Waals surface area contributed by atoms with Crippen LogP contribution < -0.4 is 14.8 Å². The molecule has 0 aromatic heterocycles. The molecule has 2 rings (SSSR count). The van der Waals surface area contributed by atoms with Crippen LogP contribution in [-0.4, -0.2) is 13.2 Å². The average Bonchev–Trinajstić information content (AvgIpc) is 2.57. The molecule has 2 aromatic rings. The molecule has 0 aliphatic rings. The third-order valence-electron chi connectivity index (χ3n) is 3.41. The minimum Gasteiger partial charge on any atom is -0.490 e. The first-order valence-electron chi connectivity index (χ1n) is 7.89. The third-order valence-corrected chi connectivity index (χ3v) is 4.71. The molecule has 6 heteroatoms. The predicted octanol–water partition coefficient (Wildman–Crippen LogP) is 6.01. The van der Waals surface area contributed by atoms with Crippen LogP contribution in [0.15, 0.2) is 47.5 Å². The van der Waals surface area contributed by atoms with Crippen LogP contribution in [-0.2, 0) is 13.2 Å². The first-order chi connectivity index (χ1) is 12.1. The smallest absolute Gasteiger partial charge is 0.175 e. The van der Waals surface area contributed by atoms with Crippen molar-refractivity contribution in [2.24, 2.45) is 0 Å². The Labute approximate surface area is 167 Å². The van der Waals surface area contributed by atoms with Crippen LogP contribution >= 0.6 is 39.1 Å². The maximum atomic E-state index is 6.21. The van der Waals surface area contributed by atoms with E-state index in [1.807, 2.05) is 25.1 Å². The lowest BCUT2D eigenvalue weighted by Crippen LogP contribution is -2.13. The number of benzene rings is 2. The van der Waals surface area contributed by atoms with Crippen molar-refractivity contribution in [3.63, 3.8) is 0 Å². The summed E-state index contributed by atoms with van der Waals surface area (Å²) >= 11 is 16.0. The summed E-state index contributed by atoms with van der Waals surface area (Å²) < 4.78 is 12.5. The minimum absolute atomic E-state index is 0.255. The zero-order valence-electron chi connectivity index (χ0n) is 14.0. The standard InChI is InChI=1S/C19H20BrCl2NO2/c1-3-8-23-11-13-9-15(20)19(18(10-13)24-4-2)25-12-14-16(21)6-5-7-17(14)22/h3,5-7,9-10,23H,1,4,8,11-12H2,2H3. The number of nitrogens with one attached hydrogen (secondary N) is 1. The zero-order chi connectivity index (χ0) is 18.2. The molecule has 134 valence electrons. The van der Waals surface area contributed by atoms with E-state index in [1.54, 1.807) is 18.2 Å². The van der Waals surface area contributed by atoms with Crippen LogP contribution in [0.1, 0.15) is 18.1 Å². The summed E-state index contributed by atoms with van der Waals surface area (Å²) in [5, 5.41) is 4.42. The maximum absolute atomic E-state index is 6.21. The summed E-state index contributed by atoms with van der Waals surface area (Å²) in [6, 6.07) is 9.36. The van der Waals surface area contributed by atoms with E-state index in [2.05, 4.69) is 27.8 Å². The van der Waals surface area contributed by atoms with E-state index in [1.165, 1.54) is 0 Å². The number of halogens is 3. The summed E-state index contributed by atoms with van der Waals surface area (Å²) in [5.41, 5.74) is 1.83. The summed E-state index contributed by atoms with van der Waals surface area (Å²) in [7, 11) is 0. The second kappa shape index (κ2) is 10.1.